The highest BCUT2D eigenvalue weighted by Crippen LogP contribution is 2.29. The molecule has 4 rings (SSSR count). The lowest BCUT2D eigenvalue weighted by Crippen LogP contribution is -2.40. The van der Waals surface area contributed by atoms with E-state index in [9.17, 15) is 15.0 Å². The minimum Gasteiger partial charge on any atom is -0.502 e. The average Bonchev–Trinajstić information content (AvgIpc) is 2.86. The fraction of sp³-hybridized carbons (Fsp3) is 0.538. The molecular weight excluding hydrogens is 418 g/mol. The lowest BCUT2D eigenvalue weighted by Gasteiger charge is -2.33. The molecule has 2 heterocycles. The van der Waals surface area contributed by atoms with E-state index in [2.05, 4.69) is 26.7 Å². The Kier molecular flexibility index (Phi) is 8.16. The largest absolute Gasteiger partial charge is 0.502 e. The number of aromatic amines is 1. The number of H-pyrrole nitrogens is 1. The van der Waals surface area contributed by atoms with Gasteiger partial charge in [-0.1, -0.05) is 24.0 Å². The summed E-state index contributed by atoms with van der Waals surface area (Å²) < 4.78 is 5.44. The van der Waals surface area contributed by atoms with Crippen molar-refractivity contribution in [1.29, 1.82) is 0 Å². The van der Waals surface area contributed by atoms with Crippen LogP contribution in [0.1, 0.15) is 48.4 Å². The number of aliphatic hydroxyl groups is 1. The number of morpholine rings is 1. The lowest BCUT2D eigenvalue weighted by atomic mass is 9.82. The highest BCUT2D eigenvalue weighted by Gasteiger charge is 2.23. The van der Waals surface area contributed by atoms with Gasteiger partial charge in [-0.3, -0.25) is 9.69 Å². The first kappa shape index (κ1) is 23.5. The summed E-state index contributed by atoms with van der Waals surface area (Å²) in [6.45, 7) is 4.95. The van der Waals surface area contributed by atoms with E-state index in [1.165, 1.54) is 38.6 Å². The van der Waals surface area contributed by atoms with Gasteiger partial charge in [0.15, 0.2) is 0 Å². The maximum atomic E-state index is 11.6. The van der Waals surface area contributed by atoms with Crippen LogP contribution in [0.4, 0.5) is 0 Å². The minimum absolute atomic E-state index is 0.105. The Morgan fingerprint density at radius 3 is 2.58 bits per heavy atom. The maximum absolute atomic E-state index is 11.6. The second-order valence-corrected chi connectivity index (χ2v) is 9.13. The van der Waals surface area contributed by atoms with Gasteiger partial charge in [0, 0.05) is 43.5 Å². The van der Waals surface area contributed by atoms with Crippen molar-refractivity contribution in [1.82, 2.24) is 14.9 Å². The van der Waals surface area contributed by atoms with Crippen molar-refractivity contribution < 1.29 is 14.9 Å². The van der Waals surface area contributed by atoms with Gasteiger partial charge in [-0.15, -0.1) is 0 Å². The van der Waals surface area contributed by atoms with E-state index in [4.69, 9.17) is 4.74 Å². The molecule has 0 unspecified atom stereocenters. The van der Waals surface area contributed by atoms with Gasteiger partial charge in [0.2, 0.25) is 5.75 Å². The van der Waals surface area contributed by atoms with Crippen LogP contribution < -0.4 is 5.56 Å². The smallest absolute Gasteiger partial charge is 0.293 e. The molecular formula is C26H33N3O4. The summed E-state index contributed by atoms with van der Waals surface area (Å²) in [7, 11) is 0. The Bertz CT molecular complexity index is 1010. The normalized spacial score (nSPS) is 22.3. The van der Waals surface area contributed by atoms with Crippen LogP contribution in [0.3, 0.4) is 0 Å². The first-order valence-corrected chi connectivity index (χ1v) is 11.9. The standard InChI is InChI=1S/C26H33N3O4/c30-17-23(15-24-25(31)26(32)28-18-27-24)22-9-7-20(8-10-22)2-1-19-3-5-21(6-4-19)16-29-11-13-33-14-12-29/h7-10,18-19,21,23,30-31H,3-6,11-17H2,(H,27,28,32)/t19?,21?,23-/m0/s1. The van der Waals surface area contributed by atoms with Gasteiger partial charge in [-0.2, -0.15) is 0 Å². The monoisotopic (exact) mass is 451 g/mol. The number of hydrogen-bond acceptors (Lipinski definition) is 6. The van der Waals surface area contributed by atoms with E-state index in [1.807, 2.05) is 24.3 Å². The predicted molar refractivity (Wildman–Crippen MR) is 126 cm³/mol. The number of nitrogens with one attached hydrogen (secondary N) is 1. The molecule has 1 saturated heterocycles. The summed E-state index contributed by atoms with van der Waals surface area (Å²) in [5.74, 6) is 7.38. The number of ether oxygens (including phenoxy) is 1. The average molecular weight is 452 g/mol. The summed E-state index contributed by atoms with van der Waals surface area (Å²) >= 11 is 0. The molecule has 0 radical (unpaired) electrons. The Balaban J connectivity index is 1.30. The quantitative estimate of drug-likeness (QED) is 0.583. The van der Waals surface area contributed by atoms with Crippen LogP contribution in [0.2, 0.25) is 0 Å². The second kappa shape index (κ2) is 11.5. The van der Waals surface area contributed by atoms with Gasteiger partial charge in [0.25, 0.3) is 5.56 Å². The Labute approximate surface area is 194 Å². The van der Waals surface area contributed by atoms with Crippen LogP contribution in [-0.4, -0.2) is 64.5 Å². The zero-order valence-corrected chi connectivity index (χ0v) is 19.0. The van der Waals surface area contributed by atoms with Crippen molar-refractivity contribution in [3.63, 3.8) is 0 Å². The van der Waals surface area contributed by atoms with Gasteiger partial charge in [-0.25, -0.2) is 4.98 Å². The number of nitrogens with zero attached hydrogens (tertiary/aromatic N) is 2. The number of aliphatic hydroxyl groups excluding tert-OH is 1. The number of aromatic hydroxyl groups is 1. The van der Waals surface area contributed by atoms with Gasteiger partial charge in [-0.05, 0) is 49.3 Å². The molecule has 7 heteroatoms. The van der Waals surface area contributed by atoms with Crippen LogP contribution in [0.5, 0.6) is 5.75 Å². The van der Waals surface area contributed by atoms with Gasteiger partial charge < -0.3 is 19.9 Å². The number of rotatable bonds is 6. The number of hydrogen-bond donors (Lipinski definition) is 3. The van der Waals surface area contributed by atoms with E-state index in [1.54, 1.807) is 0 Å². The molecule has 1 saturated carbocycles. The topological polar surface area (TPSA) is 98.7 Å². The Morgan fingerprint density at radius 2 is 1.88 bits per heavy atom. The molecule has 1 aliphatic carbocycles. The SMILES string of the molecule is O=c1[nH]cnc(C[C@@H](CO)c2ccc(C#CC3CCC(CN4CCOCC4)CC3)cc2)c1O. The van der Waals surface area contributed by atoms with Crippen molar-refractivity contribution >= 4 is 0 Å². The molecule has 0 amide bonds. The van der Waals surface area contributed by atoms with E-state index in [0.717, 1.165) is 43.3 Å². The van der Waals surface area contributed by atoms with Crippen LogP contribution in [0, 0.1) is 23.7 Å². The van der Waals surface area contributed by atoms with Crippen molar-refractivity contribution in [2.24, 2.45) is 11.8 Å². The van der Waals surface area contributed by atoms with E-state index >= 15 is 0 Å². The predicted octanol–water partition coefficient (Wildman–Crippen LogP) is 2.28. The molecule has 2 aromatic rings. The van der Waals surface area contributed by atoms with Crippen LogP contribution in [-0.2, 0) is 11.2 Å². The van der Waals surface area contributed by atoms with Crippen LogP contribution in [0.15, 0.2) is 35.4 Å². The molecule has 0 spiro atoms. The molecule has 0 bridgehead atoms. The molecule has 7 nitrogen and oxygen atoms in total. The maximum Gasteiger partial charge on any atom is 0.293 e. The molecule has 2 aliphatic rings. The van der Waals surface area contributed by atoms with Crippen LogP contribution >= 0.6 is 0 Å². The van der Waals surface area contributed by atoms with Gasteiger partial charge >= 0.3 is 0 Å². The molecule has 176 valence electrons. The zero-order valence-electron chi connectivity index (χ0n) is 19.0. The highest BCUT2D eigenvalue weighted by atomic mass is 16.5. The van der Waals surface area contributed by atoms with Gasteiger partial charge in [0.05, 0.1) is 31.8 Å². The molecule has 1 atom stereocenters. The van der Waals surface area contributed by atoms with E-state index < -0.39 is 11.3 Å². The fourth-order valence-electron chi connectivity index (χ4n) is 4.76. The first-order chi connectivity index (χ1) is 16.1. The van der Waals surface area contributed by atoms with E-state index in [0.29, 0.717) is 5.92 Å². The summed E-state index contributed by atoms with van der Waals surface area (Å²) in [6, 6.07) is 7.85. The van der Waals surface area contributed by atoms with Gasteiger partial charge in [0.1, 0.15) is 0 Å². The van der Waals surface area contributed by atoms with Crippen molar-refractivity contribution in [2.75, 3.05) is 39.5 Å². The lowest BCUT2D eigenvalue weighted by molar-refractivity contribution is 0.0271. The molecule has 3 N–H and O–H groups in total. The molecule has 1 aromatic heterocycles. The Morgan fingerprint density at radius 1 is 1.15 bits per heavy atom. The third kappa shape index (κ3) is 6.44. The number of benzene rings is 1. The molecule has 2 fully saturated rings. The number of aromatic nitrogens is 2. The molecule has 33 heavy (non-hydrogen) atoms. The summed E-state index contributed by atoms with van der Waals surface area (Å²) in [4.78, 5) is 20.5. The molecule has 1 aliphatic heterocycles. The fourth-order valence-corrected chi connectivity index (χ4v) is 4.76. The van der Waals surface area contributed by atoms with Crippen molar-refractivity contribution in [3.8, 4) is 17.6 Å². The summed E-state index contributed by atoms with van der Waals surface area (Å²) in [5.41, 5.74) is 1.60. The van der Waals surface area contributed by atoms with Crippen molar-refractivity contribution in [2.45, 2.75) is 38.0 Å². The summed E-state index contributed by atoms with van der Waals surface area (Å²) in [6.07, 6.45) is 6.37. The van der Waals surface area contributed by atoms with E-state index in [-0.39, 0.29) is 24.6 Å². The Hall–Kier alpha value is -2.66. The van der Waals surface area contributed by atoms with Crippen LogP contribution in [0.25, 0.3) is 0 Å². The van der Waals surface area contributed by atoms with Crippen molar-refractivity contribution in [3.05, 3.63) is 57.8 Å². The third-order valence-corrected chi connectivity index (χ3v) is 6.83. The highest BCUT2D eigenvalue weighted by molar-refractivity contribution is 5.38. The summed E-state index contributed by atoms with van der Waals surface area (Å²) in [5, 5.41) is 19.7. The molecule has 1 aromatic carbocycles. The zero-order chi connectivity index (χ0) is 23.0. The minimum atomic E-state index is -0.572. The second-order valence-electron chi connectivity index (χ2n) is 9.13. The first-order valence-electron chi connectivity index (χ1n) is 11.9. The third-order valence-electron chi connectivity index (χ3n) is 6.83.